The summed E-state index contributed by atoms with van der Waals surface area (Å²) >= 11 is 1.21. The van der Waals surface area contributed by atoms with Crippen LogP contribution in [0.25, 0.3) is 0 Å². The summed E-state index contributed by atoms with van der Waals surface area (Å²) in [5.74, 6) is -1.00. The number of carbonyl (C=O) groups is 3. The van der Waals surface area contributed by atoms with Gasteiger partial charge in [0.1, 0.15) is 10.4 Å². The molecule has 0 aliphatic carbocycles. The number of pyridine rings is 2. The summed E-state index contributed by atoms with van der Waals surface area (Å²) in [4.78, 5) is 44.9. The fourth-order valence-electron chi connectivity index (χ4n) is 3.02. The molecule has 2 aromatic heterocycles. The Bertz CT molecular complexity index is 1150. The fourth-order valence-corrected chi connectivity index (χ4v) is 4.13. The van der Waals surface area contributed by atoms with Gasteiger partial charge in [0.25, 0.3) is 11.8 Å². The highest BCUT2D eigenvalue weighted by Gasteiger charge is 2.21. The number of hydrogen-bond acceptors (Lipinski definition) is 7. The molecule has 0 bridgehead atoms. The molecule has 0 saturated heterocycles. The maximum Gasteiger partial charge on any atom is 0.303 e. The molecule has 2 heterocycles. The van der Waals surface area contributed by atoms with Crippen LogP contribution in [0.2, 0.25) is 0 Å². The van der Waals surface area contributed by atoms with E-state index in [1.54, 1.807) is 42.9 Å². The molecule has 1 aromatic carbocycles. The predicted molar refractivity (Wildman–Crippen MR) is 130 cm³/mol. The first kappa shape index (κ1) is 24.9. The maximum atomic E-state index is 13.1. The van der Waals surface area contributed by atoms with Crippen molar-refractivity contribution >= 4 is 35.2 Å². The van der Waals surface area contributed by atoms with E-state index in [0.29, 0.717) is 22.2 Å². The number of esters is 1. The van der Waals surface area contributed by atoms with Crippen LogP contribution in [0.1, 0.15) is 53.5 Å². The molecular formula is C25H26N4O4S. The summed E-state index contributed by atoms with van der Waals surface area (Å²) in [5, 5.41) is 5.61. The first-order chi connectivity index (χ1) is 16.3. The number of nitrogens with zero attached hydrogens (tertiary/aromatic N) is 2. The summed E-state index contributed by atoms with van der Waals surface area (Å²) in [6, 6.07) is 14.6. The molecule has 9 heteroatoms. The average molecular weight is 479 g/mol. The molecule has 8 nitrogen and oxygen atoms in total. The molecule has 0 aliphatic rings. The van der Waals surface area contributed by atoms with Gasteiger partial charge in [-0.3, -0.25) is 19.4 Å². The largest absolute Gasteiger partial charge is 0.456 e. The first-order valence-corrected chi connectivity index (χ1v) is 11.6. The lowest BCUT2D eigenvalue weighted by atomic mass is 10.0. The van der Waals surface area contributed by atoms with E-state index in [0.717, 1.165) is 11.1 Å². The second-order valence-corrected chi connectivity index (χ2v) is 8.81. The van der Waals surface area contributed by atoms with Crippen LogP contribution < -0.4 is 10.6 Å². The molecule has 0 radical (unpaired) electrons. The van der Waals surface area contributed by atoms with Gasteiger partial charge in [-0.2, -0.15) is 0 Å². The summed E-state index contributed by atoms with van der Waals surface area (Å²) < 4.78 is 4.79. The number of amides is 2. The van der Waals surface area contributed by atoms with E-state index in [9.17, 15) is 14.4 Å². The summed E-state index contributed by atoms with van der Waals surface area (Å²) in [7, 11) is 0. The van der Waals surface area contributed by atoms with Crippen LogP contribution in [0.4, 0.5) is 5.69 Å². The van der Waals surface area contributed by atoms with Crippen LogP contribution in [0.5, 0.6) is 0 Å². The number of nitrogens with one attached hydrogen (secondary N) is 2. The van der Waals surface area contributed by atoms with Crippen molar-refractivity contribution in [3.63, 3.8) is 0 Å². The van der Waals surface area contributed by atoms with Crippen molar-refractivity contribution in [3.8, 4) is 0 Å². The van der Waals surface area contributed by atoms with Gasteiger partial charge in [-0.15, -0.1) is 0 Å². The van der Waals surface area contributed by atoms with Gasteiger partial charge >= 0.3 is 5.97 Å². The second kappa shape index (κ2) is 11.9. The highest BCUT2D eigenvalue weighted by molar-refractivity contribution is 7.99. The van der Waals surface area contributed by atoms with Crippen molar-refractivity contribution in [2.75, 3.05) is 11.9 Å². The Labute approximate surface area is 202 Å². The third kappa shape index (κ3) is 7.14. The van der Waals surface area contributed by atoms with E-state index in [2.05, 4.69) is 34.4 Å². The lowest BCUT2D eigenvalue weighted by molar-refractivity contribution is -0.146. The molecule has 1 atom stereocenters. The number of rotatable bonds is 9. The monoisotopic (exact) mass is 478 g/mol. The van der Waals surface area contributed by atoms with Crippen LogP contribution in [0, 0.1) is 0 Å². The number of thioether (sulfide) groups is 1. The zero-order chi connectivity index (χ0) is 24.5. The van der Waals surface area contributed by atoms with E-state index in [4.69, 9.17) is 4.74 Å². The fraction of sp³-hybridized carbons (Fsp3) is 0.240. The molecule has 3 aromatic rings. The number of aromatic nitrogens is 2. The smallest absolute Gasteiger partial charge is 0.303 e. The van der Waals surface area contributed by atoms with Gasteiger partial charge in [0.2, 0.25) is 0 Å². The van der Waals surface area contributed by atoms with Crippen molar-refractivity contribution < 1.29 is 19.1 Å². The Morgan fingerprint density at radius 3 is 2.47 bits per heavy atom. The molecule has 3 rings (SSSR count). The van der Waals surface area contributed by atoms with Gasteiger partial charge in [0, 0.05) is 31.2 Å². The van der Waals surface area contributed by atoms with Crippen molar-refractivity contribution in [1.82, 2.24) is 15.3 Å². The maximum absolute atomic E-state index is 13.1. The Morgan fingerprint density at radius 1 is 1.00 bits per heavy atom. The molecule has 1 unspecified atom stereocenters. The molecule has 176 valence electrons. The van der Waals surface area contributed by atoms with Gasteiger partial charge in [-0.05, 0) is 53.4 Å². The zero-order valence-corrected chi connectivity index (χ0v) is 20.0. The summed E-state index contributed by atoms with van der Waals surface area (Å²) in [5.41, 5.74) is 2.93. The zero-order valence-electron chi connectivity index (χ0n) is 19.1. The van der Waals surface area contributed by atoms with Crippen LogP contribution in [0.3, 0.4) is 0 Å². The summed E-state index contributed by atoms with van der Waals surface area (Å²) in [6.07, 6.45) is 4.80. The predicted octanol–water partition coefficient (Wildman–Crippen LogP) is 4.32. The van der Waals surface area contributed by atoms with Crippen molar-refractivity contribution in [1.29, 1.82) is 0 Å². The van der Waals surface area contributed by atoms with Crippen LogP contribution >= 0.6 is 11.8 Å². The lowest BCUT2D eigenvalue weighted by Gasteiger charge is -2.19. The number of carbonyl (C=O) groups excluding carboxylic acids is 3. The van der Waals surface area contributed by atoms with Gasteiger partial charge in [-0.25, -0.2) is 4.98 Å². The molecule has 0 aliphatic heterocycles. The second-order valence-electron chi connectivity index (χ2n) is 7.72. The molecule has 34 heavy (non-hydrogen) atoms. The van der Waals surface area contributed by atoms with Crippen LogP contribution in [-0.4, -0.2) is 34.4 Å². The van der Waals surface area contributed by atoms with Crippen molar-refractivity contribution in [2.24, 2.45) is 0 Å². The number of hydrogen-bond donors (Lipinski definition) is 2. The normalized spacial score (nSPS) is 11.5. The number of anilines is 1. The van der Waals surface area contributed by atoms with Crippen LogP contribution in [0.15, 0.2) is 72.1 Å². The molecule has 0 saturated carbocycles. The highest BCUT2D eigenvalue weighted by atomic mass is 32.2. The van der Waals surface area contributed by atoms with Gasteiger partial charge in [-0.1, -0.05) is 37.7 Å². The van der Waals surface area contributed by atoms with E-state index in [1.807, 2.05) is 24.3 Å². The van der Waals surface area contributed by atoms with Crippen molar-refractivity contribution in [2.45, 2.75) is 37.1 Å². The van der Waals surface area contributed by atoms with E-state index >= 15 is 0 Å². The third-order valence-electron chi connectivity index (χ3n) is 4.76. The first-order valence-electron chi connectivity index (χ1n) is 10.7. The molecule has 0 fully saturated rings. The van der Waals surface area contributed by atoms with E-state index in [-0.39, 0.29) is 5.91 Å². The number of benzene rings is 1. The van der Waals surface area contributed by atoms with Crippen LogP contribution in [-0.2, 0) is 14.3 Å². The van der Waals surface area contributed by atoms with Gasteiger partial charge < -0.3 is 15.4 Å². The molecule has 2 amide bonds. The molecular weight excluding hydrogens is 452 g/mol. The Kier molecular flexibility index (Phi) is 8.75. The molecule has 0 spiro atoms. The standard InChI is InChI=1S/C25H26N4O4S/c1-16(2)19-6-4-7-20(14-19)28-23(32)21-8-5-11-27-25(21)34-24(18-9-12-26-13-10-18)29-22(31)15-33-17(3)30/h4-14,16,24H,15H2,1-3H3,(H,28,32)(H,29,31). The van der Waals surface area contributed by atoms with E-state index < -0.39 is 23.9 Å². The van der Waals surface area contributed by atoms with Crippen molar-refractivity contribution in [3.05, 3.63) is 83.8 Å². The Morgan fingerprint density at radius 2 is 1.76 bits per heavy atom. The average Bonchev–Trinajstić information content (AvgIpc) is 2.83. The molecule has 2 N–H and O–H groups in total. The highest BCUT2D eigenvalue weighted by Crippen LogP contribution is 2.34. The Hall–Kier alpha value is -3.72. The minimum Gasteiger partial charge on any atom is -0.456 e. The quantitative estimate of drug-likeness (QED) is 0.268. The summed E-state index contributed by atoms with van der Waals surface area (Å²) in [6.45, 7) is 5.01. The third-order valence-corrected chi connectivity index (χ3v) is 5.94. The topological polar surface area (TPSA) is 110 Å². The minimum atomic E-state index is -0.586. The SMILES string of the molecule is CC(=O)OCC(=O)NC(Sc1ncccc1C(=O)Nc1cccc(C(C)C)c1)c1ccncc1. The van der Waals surface area contributed by atoms with Gasteiger partial charge in [0.05, 0.1) is 5.56 Å². The van der Waals surface area contributed by atoms with E-state index in [1.165, 1.54) is 18.7 Å². The van der Waals surface area contributed by atoms with Gasteiger partial charge in [0.15, 0.2) is 6.61 Å². The lowest BCUT2D eigenvalue weighted by Crippen LogP contribution is -2.31. The number of ether oxygens (including phenoxy) is 1. The Balaban J connectivity index is 1.82. The minimum absolute atomic E-state index is 0.309.